The summed E-state index contributed by atoms with van der Waals surface area (Å²) in [6.07, 6.45) is 3.10. The molecule has 1 saturated heterocycles. The van der Waals surface area contributed by atoms with Crippen molar-refractivity contribution in [2.75, 3.05) is 52.8 Å². The molecule has 1 fully saturated rings. The first-order valence-electron chi connectivity index (χ1n) is 10.6. The van der Waals surface area contributed by atoms with Crippen LogP contribution in [0.5, 0.6) is 11.5 Å². The van der Waals surface area contributed by atoms with Gasteiger partial charge in [0.2, 0.25) is 5.91 Å². The van der Waals surface area contributed by atoms with Gasteiger partial charge in [-0.1, -0.05) is 11.3 Å². The fraction of sp³-hybridized carbons (Fsp3) is 0.292. The number of aromatic nitrogens is 1. The number of carbonyl (C=O) groups excluding carboxylic acids is 2. The van der Waals surface area contributed by atoms with Crippen molar-refractivity contribution in [1.82, 2.24) is 14.8 Å². The Hall–Kier alpha value is -3.43. The number of methoxy groups -OCH3 is 2. The van der Waals surface area contributed by atoms with E-state index in [1.165, 1.54) is 17.4 Å². The molecule has 0 spiro atoms. The lowest BCUT2D eigenvalue weighted by Gasteiger charge is -2.32. The molecule has 2 amide bonds. The number of piperazine rings is 1. The van der Waals surface area contributed by atoms with E-state index in [4.69, 9.17) is 9.47 Å². The Morgan fingerprint density at radius 2 is 1.85 bits per heavy atom. The molecule has 1 aromatic heterocycles. The van der Waals surface area contributed by atoms with Gasteiger partial charge >= 0.3 is 0 Å². The van der Waals surface area contributed by atoms with Crippen LogP contribution in [0, 0.1) is 0 Å². The van der Waals surface area contributed by atoms with Crippen LogP contribution in [0.4, 0.5) is 5.13 Å². The van der Waals surface area contributed by atoms with Gasteiger partial charge in [-0.2, -0.15) is 0 Å². The molecule has 4 rings (SSSR count). The summed E-state index contributed by atoms with van der Waals surface area (Å²) in [5.41, 5.74) is 2.14. The number of ether oxygens (including phenoxy) is 2. The average molecular weight is 467 g/mol. The number of thiazole rings is 1. The lowest BCUT2D eigenvalue weighted by molar-refractivity contribution is -0.111. The van der Waals surface area contributed by atoms with Gasteiger partial charge in [0, 0.05) is 49.4 Å². The van der Waals surface area contributed by atoms with Crippen LogP contribution in [0.25, 0.3) is 16.3 Å². The summed E-state index contributed by atoms with van der Waals surface area (Å²) in [5.74, 6) is 1.00. The Bertz CT molecular complexity index is 1200. The maximum atomic E-state index is 12.8. The van der Waals surface area contributed by atoms with E-state index in [-0.39, 0.29) is 11.8 Å². The predicted molar refractivity (Wildman–Crippen MR) is 130 cm³/mol. The van der Waals surface area contributed by atoms with E-state index in [0.29, 0.717) is 22.2 Å². The molecule has 0 bridgehead atoms. The van der Waals surface area contributed by atoms with Gasteiger partial charge in [-0.3, -0.25) is 14.9 Å². The summed E-state index contributed by atoms with van der Waals surface area (Å²) in [6, 6.07) is 10.8. The first-order valence-corrected chi connectivity index (χ1v) is 11.4. The average Bonchev–Trinajstić information content (AvgIpc) is 3.24. The normalized spacial score (nSPS) is 14.6. The van der Waals surface area contributed by atoms with E-state index in [2.05, 4.69) is 22.2 Å². The van der Waals surface area contributed by atoms with Gasteiger partial charge in [0.15, 0.2) is 5.13 Å². The Morgan fingerprint density at radius 1 is 1.06 bits per heavy atom. The minimum absolute atomic E-state index is 0.0281. The molecule has 1 N–H and O–H groups in total. The predicted octanol–water partition coefficient (Wildman–Crippen LogP) is 3.35. The fourth-order valence-electron chi connectivity index (χ4n) is 3.57. The number of fused-ring (bicyclic) bond motifs is 1. The molecule has 2 heterocycles. The first kappa shape index (κ1) is 22.8. The van der Waals surface area contributed by atoms with Gasteiger partial charge in [-0.05, 0) is 43.5 Å². The highest BCUT2D eigenvalue weighted by molar-refractivity contribution is 7.22. The van der Waals surface area contributed by atoms with Gasteiger partial charge in [0.25, 0.3) is 5.91 Å². The van der Waals surface area contributed by atoms with E-state index in [9.17, 15) is 9.59 Å². The van der Waals surface area contributed by atoms with Crippen LogP contribution >= 0.6 is 11.3 Å². The van der Waals surface area contributed by atoms with Gasteiger partial charge in [0.05, 0.1) is 24.4 Å². The van der Waals surface area contributed by atoms with Gasteiger partial charge < -0.3 is 19.3 Å². The third-order valence-electron chi connectivity index (χ3n) is 5.51. The van der Waals surface area contributed by atoms with Crippen molar-refractivity contribution in [2.45, 2.75) is 0 Å². The monoisotopic (exact) mass is 466 g/mol. The number of amides is 2. The zero-order valence-electron chi connectivity index (χ0n) is 18.8. The molecule has 0 saturated carbocycles. The maximum Gasteiger partial charge on any atom is 0.253 e. The van der Waals surface area contributed by atoms with Crippen LogP contribution < -0.4 is 14.8 Å². The SMILES string of the molecule is COc1ccc(/C=C/C(=O)Nc2nc3ccc(C(=O)N4CCN(C)CC4)cc3s2)c(OC)c1. The van der Waals surface area contributed by atoms with E-state index in [1.54, 1.807) is 38.5 Å². The largest absolute Gasteiger partial charge is 0.497 e. The Kier molecular flexibility index (Phi) is 6.90. The molecule has 0 unspecified atom stereocenters. The quantitative estimate of drug-likeness (QED) is 0.561. The van der Waals surface area contributed by atoms with Crippen LogP contribution in [0.15, 0.2) is 42.5 Å². The highest BCUT2D eigenvalue weighted by atomic mass is 32.1. The van der Waals surface area contributed by atoms with Gasteiger partial charge in [-0.15, -0.1) is 0 Å². The van der Waals surface area contributed by atoms with Crippen molar-refractivity contribution in [1.29, 1.82) is 0 Å². The number of hydrogen-bond acceptors (Lipinski definition) is 7. The highest BCUT2D eigenvalue weighted by Gasteiger charge is 2.21. The lowest BCUT2D eigenvalue weighted by Crippen LogP contribution is -2.47. The molecule has 9 heteroatoms. The Morgan fingerprint density at radius 3 is 2.58 bits per heavy atom. The summed E-state index contributed by atoms with van der Waals surface area (Å²) in [4.78, 5) is 33.8. The summed E-state index contributed by atoms with van der Waals surface area (Å²) in [6.45, 7) is 3.20. The molecule has 2 aromatic carbocycles. The van der Waals surface area contributed by atoms with E-state index < -0.39 is 0 Å². The minimum atomic E-state index is -0.305. The highest BCUT2D eigenvalue weighted by Crippen LogP contribution is 2.28. The molecule has 0 radical (unpaired) electrons. The molecule has 1 aliphatic heterocycles. The molecule has 3 aromatic rings. The third kappa shape index (κ3) is 5.32. The van der Waals surface area contributed by atoms with Crippen LogP contribution in [-0.2, 0) is 4.79 Å². The number of hydrogen-bond donors (Lipinski definition) is 1. The minimum Gasteiger partial charge on any atom is -0.497 e. The number of rotatable bonds is 6. The van der Waals surface area contributed by atoms with Crippen molar-refractivity contribution in [3.63, 3.8) is 0 Å². The maximum absolute atomic E-state index is 12.8. The van der Waals surface area contributed by atoms with Crippen LogP contribution in [-0.4, -0.2) is 74.0 Å². The van der Waals surface area contributed by atoms with E-state index in [1.807, 2.05) is 23.1 Å². The smallest absolute Gasteiger partial charge is 0.253 e. The fourth-order valence-corrected chi connectivity index (χ4v) is 4.48. The number of carbonyl (C=O) groups is 2. The molecule has 8 nitrogen and oxygen atoms in total. The van der Waals surface area contributed by atoms with Gasteiger partial charge in [-0.25, -0.2) is 4.98 Å². The van der Waals surface area contributed by atoms with Crippen LogP contribution in [0.2, 0.25) is 0 Å². The van der Waals surface area contributed by atoms with E-state index in [0.717, 1.165) is 42.0 Å². The molecular formula is C24H26N4O4S. The molecule has 0 atom stereocenters. The number of nitrogens with zero attached hydrogens (tertiary/aromatic N) is 3. The second-order valence-corrected chi connectivity index (χ2v) is 8.76. The third-order valence-corrected chi connectivity index (χ3v) is 6.44. The van der Waals surface area contributed by atoms with Crippen molar-refractivity contribution in [3.05, 3.63) is 53.6 Å². The first-order chi connectivity index (χ1) is 16.0. The summed E-state index contributed by atoms with van der Waals surface area (Å²) in [7, 11) is 5.21. The molecule has 0 aliphatic carbocycles. The zero-order valence-corrected chi connectivity index (χ0v) is 19.6. The Balaban J connectivity index is 1.44. The summed E-state index contributed by atoms with van der Waals surface area (Å²) in [5, 5.41) is 3.27. The summed E-state index contributed by atoms with van der Waals surface area (Å²) < 4.78 is 11.4. The second-order valence-electron chi connectivity index (χ2n) is 7.73. The number of anilines is 1. The molecular weight excluding hydrogens is 440 g/mol. The van der Waals surface area contributed by atoms with Gasteiger partial charge in [0.1, 0.15) is 11.5 Å². The number of benzene rings is 2. The number of nitrogens with one attached hydrogen (secondary N) is 1. The van der Waals surface area contributed by atoms with Crippen molar-refractivity contribution >= 4 is 44.6 Å². The Labute approximate surface area is 196 Å². The lowest BCUT2D eigenvalue weighted by atomic mass is 10.1. The summed E-state index contributed by atoms with van der Waals surface area (Å²) >= 11 is 1.34. The second kappa shape index (κ2) is 10.0. The molecule has 172 valence electrons. The van der Waals surface area contributed by atoms with Crippen molar-refractivity contribution in [3.8, 4) is 11.5 Å². The van der Waals surface area contributed by atoms with Crippen LogP contribution in [0.1, 0.15) is 15.9 Å². The van der Waals surface area contributed by atoms with E-state index >= 15 is 0 Å². The van der Waals surface area contributed by atoms with Crippen LogP contribution in [0.3, 0.4) is 0 Å². The van der Waals surface area contributed by atoms with Crippen molar-refractivity contribution in [2.24, 2.45) is 0 Å². The molecule has 33 heavy (non-hydrogen) atoms. The topological polar surface area (TPSA) is 84.0 Å². The van der Waals surface area contributed by atoms with Crippen molar-refractivity contribution < 1.29 is 19.1 Å². The zero-order chi connectivity index (χ0) is 23.4. The standard InChI is InChI=1S/C24H26N4O4S/c1-27-10-12-28(13-11-27)23(30)17-5-8-19-21(14-17)33-24(25-19)26-22(29)9-6-16-4-7-18(31-2)15-20(16)32-3/h4-9,14-15H,10-13H2,1-3H3,(H,25,26,29)/b9-6+. The number of likely N-dealkylation sites (N-methyl/N-ethyl adjacent to an activating group) is 1. The molecule has 1 aliphatic rings.